The summed E-state index contributed by atoms with van der Waals surface area (Å²) in [5.74, 6) is 0.911. The third-order valence-corrected chi connectivity index (χ3v) is 3.83. The van der Waals surface area contributed by atoms with E-state index in [1.54, 1.807) is 0 Å². The number of aryl methyl sites for hydroxylation is 1. The van der Waals surface area contributed by atoms with E-state index in [0.29, 0.717) is 6.42 Å². The predicted octanol–water partition coefficient (Wildman–Crippen LogP) is 2.61. The van der Waals surface area contributed by atoms with Crippen LogP contribution >= 0.6 is 0 Å². The van der Waals surface area contributed by atoms with Crippen LogP contribution in [0.5, 0.6) is 5.75 Å². The van der Waals surface area contributed by atoms with Gasteiger partial charge in [0.25, 0.3) is 0 Å². The second-order valence-electron chi connectivity index (χ2n) is 5.17. The van der Waals surface area contributed by atoms with E-state index in [0.717, 1.165) is 50.2 Å². The van der Waals surface area contributed by atoms with Gasteiger partial charge in [0.05, 0.1) is 18.8 Å². The average molecular weight is 248 g/mol. The molecule has 1 saturated heterocycles. The van der Waals surface area contributed by atoms with Gasteiger partial charge in [-0.25, -0.2) is 0 Å². The summed E-state index contributed by atoms with van der Waals surface area (Å²) in [5.41, 5.74) is 2.16. The molecule has 0 aromatic heterocycles. The van der Waals surface area contributed by atoms with Crippen LogP contribution in [0.25, 0.3) is 0 Å². The van der Waals surface area contributed by atoms with E-state index in [1.165, 1.54) is 5.56 Å². The first-order valence-corrected chi connectivity index (χ1v) is 6.89. The largest absolute Gasteiger partial charge is 0.493 e. The molecule has 0 spiro atoms. The Bertz CT molecular complexity index is 410. The van der Waals surface area contributed by atoms with Crippen molar-refractivity contribution in [3.63, 3.8) is 0 Å². The molecule has 3 rings (SSSR count). The van der Waals surface area contributed by atoms with Crippen molar-refractivity contribution in [1.29, 1.82) is 0 Å². The van der Waals surface area contributed by atoms with E-state index in [1.807, 2.05) is 12.1 Å². The summed E-state index contributed by atoms with van der Waals surface area (Å²) in [7, 11) is 0. The fourth-order valence-electron chi connectivity index (χ4n) is 2.88. The lowest BCUT2D eigenvalue weighted by atomic mass is 9.96. The SMILES string of the molecule is OC(CC1CCCO1)c1cccc2c1OCCC2. The summed E-state index contributed by atoms with van der Waals surface area (Å²) in [4.78, 5) is 0. The number of ether oxygens (including phenoxy) is 2. The minimum Gasteiger partial charge on any atom is -0.493 e. The zero-order valence-corrected chi connectivity index (χ0v) is 10.6. The third-order valence-electron chi connectivity index (χ3n) is 3.83. The molecule has 18 heavy (non-hydrogen) atoms. The standard InChI is InChI=1S/C15H20O3/c16-14(10-12-6-3-8-17-12)13-7-1-4-11-5-2-9-18-15(11)13/h1,4,7,12,14,16H,2-3,5-6,8-10H2. The summed E-state index contributed by atoms with van der Waals surface area (Å²) in [6.45, 7) is 1.59. The minimum absolute atomic E-state index is 0.208. The van der Waals surface area contributed by atoms with Gasteiger partial charge in [0.15, 0.2) is 0 Å². The molecule has 2 aliphatic heterocycles. The maximum Gasteiger partial charge on any atom is 0.128 e. The predicted molar refractivity (Wildman–Crippen MR) is 68.8 cm³/mol. The van der Waals surface area contributed by atoms with Gasteiger partial charge in [0.2, 0.25) is 0 Å². The second-order valence-corrected chi connectivity index (χ2v) is 5.17. The van der Waals surface area contributed by atoms with Crippen molar-refractivity contribution >= 4 is 0 Å². The minimum atomic E-state index is -0.471. The van der Waals surface area contributed by atoms with Crippen molar-refractivity contribution in [2.75, 3.05) is 13.2 Å². The molecule has 1 N–H and O–H groups in total. The van der Waals surface area contributed by atoms with Crippen LogP contribution < -0.4 is 4.74 Å². The summed E-state index contributed by atoms with van der Waals surface area (Å²) < 4.78 is 11.3. The maximum atomic E-state index is 10.4. The molecule has 2 unspecified atom stereocenters. The Labute approximate surface area is 108 Å². The van der Waals surface area contributed by atoms with Gasteiger partial charge in [-0.2, -0.15) is 0 Å². The molecule has 98 valence electrons. The van der Waals surface area contributed by atoms with Crippen molar-refractivity contribution in [3.05, 3.63) is 29.3 Å². The maximum absolute atomic E-state index is 10.4. The van der Waals surface area contributed by atoms with Gasteiger partial charge in [-0.15, -0.1) is 0 Å². The molecule has 1 aromatic carbocycles. The number of aliphatic hydroxyl groups is 1. The quantitative estimate of drug-likeness (QED) is 0.893. The molecule has 0 radical (unpaired) electrons. The fraction of sp³-hybridized carbons (Fsp3) is 0.600. The first kappa shape index (κ1) is 12.0. The molecule has 0 aliphatic carbocycles. The molecule has 0 amide bonds. The van der Waals surface area contributed by atoms with Crippen molar-refractivity contribution in [1.82, 2.24) is 0 Å². The lowest BCUT2D eigenvalue weighted by Crippen LogP contribution is -2.15. The molecule has 0 saturated carbocycles. The zero-order valence-electron chi connectivity index (χ0n) is 10.6. The van der Waals surface area contributed by atoms with E-state index >= 15 is 0 Å². The lowest BCUT2D eigenvalue weighted by Gasteiger charge is -2.23. The van der Waals surface area contributed by atoms with Crippen LogP contribution in [-0.4, -0.2) is 24.4 Å². The summed E-state index contributed by atoms with van der Waals surface area (Å²) in [6.07, 6.45) is 4.71. The van der Waals surface area contributed by atoms with Crippen molar-refractivity contribution in [3.8, 4) is 5.75 Å². The van der Waals surface area contributed by atoms with Gasteiger partial charge in [-0.1, -0.05) is 18.2 Å². The van der Waals surface area contributed by atoms with Crippen LogP contribution in [-0.2, 0) is 11.2 Å². The third kappa shape index (κ3) is 2.38. The Hall–Kier alpha value is -1.06. The number of benzene rings is 1. The molecular weight excluding hydrogens is 228 g/mol. The second kappa shape index (κ2) is 5.29. The van der Waals surface area contributed by atoms with Gasteiger partial charge in [-0.3, -0.25) is 0 Å². The summed E-state index contributed by atoms with van der Waals surface area (Å²) >= 11 is 0. The Morgan fingerprint density at radius 3 is 3.06 bits per heavy atom. The molecule has 1 aromatic rings. The van der Waals surface area contributed by atoms with E-state index in [4.69, 9.17) is 9.47 Å². The molecule has 0 bridgehead atoms. The van der Waals surface area contributed by atoms with Gasteiger partial charge in [-0.05, 0) is 31.2 Å². The zero-order chi connectivity index (χ0) is 12.4. The Balaban J connectivity index is 1.78. The number of fused-ring (bicyclic) bond motifs is 1. The van der Waals surface area contributed by atoms with Gasteiger partial charge in [0, 0.05) is 18.6 Å². The van der Waals surface area contributed by atoms with E-state index < -0.39 is 6.10 Å². The lowest BCUT2D eigenvalue weighted by molar-refractivity contribution is 0.0521. The summed E-state index contributed by atoms with van der Waals surface area (Å²) in [6, 6.07) is 6.09. The van der Waals surface area contributed by atoms with E-state index in [-0.39, 0.29) is 6.10 Å². The van der Waals surface area contributed by atoms with Crippen LogP contribution in [0, 0.1) is 0 Å². The average Bonchev–Trinajstić information content (AvgIpc) is 2.91. The molecule has 2 aliphatic rings. The Morgan fingerprint density at radius 2 is 2.22 bits per heavy atom. The normalized spacial score (nSPS) is 24.4. The highest BCUT2D eigenvalue weighted by Crippen LogP contribution is 2.35. The van der Waals surface area contributed by atoms with Crippen molar-refractivity contribution in [2.45, 2.75) is 44.3 Å². The Morgan fingerprint density at radius 1 is 1.28 bits per heavy atom. The van der Waals surface area contributed by atoms with Crippen molar-refractivity contribution < 1.29 is 14.6 Å². The first-order valence-electron chi connectivity index (χ1n) is 6.89. The number of aliphatic hydroxyl groups excluding tert-OH is 1. The first-order chi connectivity index (χ1) is 8.84. The van der Waals surface area contributed by atoms with Crippen molar-refractivity contribution in [2.24, 2.45) is 0 Å². The van der Waals surface area contributed by atoms with E-state index in [9.17, 15) is 5.11 Å². The van der Waals surface area contributed by atoms with Gasteiger partial charge >= 0.3 is 0 Å². The fourth-order valence-corrected chi connectivity index (χ4v) is 2.88. The highest BCUT2D eigenvalue weighted by Gasteiger charge is 2.24. The van der Waals surface area contributed by atoms with Gasteiger partial charge in [0.1, 0.15) is 5.75 Å². The molecule has 2 heterocycles. The van der Waals surface area contributed by atoms with Gasteiger partial charge < -0.3 is 14.6 Å². The highest BCUT2D eigenvalue weighted by molar-refractivity contribution is 5.44. The summed E-state index contributed by atoms with van der Waals surface area (Å²) in [5, 5.41) is 10.4. The number of para-hydroxylation sites is 1. The topological polar surface area (TPSA) is 38.7 Å². The van der Waals surface area contributed by atoms with Crippen LogP contribution in [0.4, 0.5) is 0 Å². The van der Waals surface area contributed by atoms with Crippen LogP contribution in [0.1, 0.15) is 42.9 Å². The number of rotatable bonds is 3. The number of hydrogen-bond acceptors (Lipinski definition) is 3. The van der Waals surface area contributed by atoms with Crippen LogP contribution in [0.15, 0.2) is 18.2 Å². The van der Waals surface area contributed by atoms with E-state index in [2.05, 4.69) is 6.07 Å². The molecular formula is C15H20O3. The molecule has 2 atom stereocenters. The van der Waals surface area contributed by atoms with Crippen LogP contribution in [0.3, 0.4) is 0 Å². The highest BCUT2D eigenvalue weighted by atomic mass is 16.5. The van der Waals surface area contributed by atoms with Crippen LogP contribution in [0.2, 0.25) is 0 Å². The molecule has 3 nitrogen and oxygen atoms in total. The number of hydrogen-bond donors (Lipinski definition) is 1. The monoisotopic (exact) mass is 248 g/mol. The molecule has 1 fully saturated rings. The Kier molecular flexibility index (Phi) is 3.52. The smallest absolute Gasteiger partial charge is 0.128 e. The molecule has 3 heteroatoms.